The number of thiazole rings is 1. The van der Waals surface area contributed by atoms with E-state index in [4.69, 9.17) is 4.98 Å². The highest BCUT2D eigenvalue weighted by atomic mass is 32.1. The summed E-state index contributed by atoms with van der Waals surface area (Å²) in [6.07, 6.45) is 4.80. The standard InChI is InChI=1S/C29H33N5O3S/c35-25(33-12-3-4-13-33)19-32-14-16-34(17-15-32)28(37)23-8-5-9-24-26(23)30-29(38-24)31-27(36)22-11-10-20-6-1-2-7-21(20)18-22/h1-2,6-7,10-11,18,23H,3-5,8-9,12-17,19H2,(H,30,31,36). The Labute approximate surface area is 226 Å². The van der Waals surface area contributed by atoms with Crippen LogP contribution in [0, 0.1) is 0 Å². The van der Waals surface area contributed by atoms with Crippen molar-refractivity contribution in [3.63, 3.8) is 0 Å². The van der Waals surface area contributed by atoms with Crippen molar-refractivity contribution in [3.8, 4) is 0 Å². The maximum atomic E-state index is 13.5. The lowest BCUT2D eigenvalue weighted by Gasteiger charge is -2.37. The number of aryl methyl sites for hydroxylation is 1. The predicted octanol–water partition coefficient (Wildman–Crippen LogP) is 3.74. The van der Waals surface area contributed by atoms with Gasteiger partial charge in [-0.05, 0) is 55.0 Å². The Bertz CT molecular complexity index is 1360. The molecular formula is C29H33N5O3S. The van der Waals surface area contributed by atoms with Crippen molar-refractivity contribution in [2.45, 2.75) is 38.0 Å². The number of hydrogen-bond donors (Lipinski definition) is 1. The third-order valence-corrected chi connectivity index (χ3v) is 9.03. The number of rotatable bonds is 5. The smallest absolute Gasteiger partial charge is 0.257 e. The normalized spacial score (nSPS) is 19.9. The zero-order valence-corrected chi connectivity index (χ0v) is 22.3. The van der Waals surface area contributed by atoms with Gasteiger partial charge < -0.3 is 9.80 Å². The zero-order chi connectivity index (χ0) is 26.1. The number of carbonyl (C=O) groups excluding carboxylic acids is 3. The molecule has 0 radical (unpaired) electrons. The first-order valence-corrected chi connectivity index (χ1v) is 14.5. The van der Waals surface area contributed by atoms with Crippen molar-refractivity contribution in [1.82, 2.24) is 19.7 Å². The van der Waals surface area contributed by atoms with Crippen molar-refractivity contribution < 1.29 is 14.4 Å². The molecule has 2 saturated heterocycles. The Morgan fingerprint density at radius 1 is 0.895 bits per heavy atom. The summed E-state index contributed by atoms with van der Waals surface area (Å²) in [5, 5.41) is 5.63. The van der Waals surface area contributed by atoms with Gasteiger partial charge >= 0.3 is 0 Å². The molecule has 0 bridgehead atoms. The number of hydrogen-bond acceptors (Lipinski definition) is 6. The van der Waals surface area contributed by atoms with Crippen molar-refractivity contribution in [3.05, 3.63) is 58.6 Å². The average molecular weight is 532 g/mol. The SMILES string of the molecule is O=C(Nc1nc2c(s1)CCCC2C(=O)N1CCN(CC(=O)N2CCCC2)CC1)c1ccc2ccccc2c1. The summed E-state index contributed by atoms with van der Waals surface area (Å²) >= 11 is 1.48. The Kier molecular flexibility index (Phi) is 7.12. The molecule has 3 aliphatic rings. The van der Waals surface area contributed by atoms with Crippen LogP contribution in [0.4, 0.5) is 5.13 Å². The van der Waals surface area contributed by atoms with Gasteiger partial charge in [-0.1, -0.05) is 30.3 Å². The number of piperazine rings is 1. The summed E-state index contributed by atoms with van der Waals surface area (Å²) in [6, 6.07) is 13.6. The van der Waals surface area contributed by atoms with Crippen LogP contribution in [0.15, 0.2) is 42.5 Å². The first-order chi connectivity index (χ1) is 18.5. The number of amides is 3. The molecule has 6 rings (SSSR count). The molecule has 3 aromatic rings. The summed E-state index contributed by atoms with van der Waals surface area (Å²) in [4.78, 5) is 50.9. The first kappa shape index (κ1) is 25.0. The molecule has 0 spiro atoms. The summed E-state index contributed by atoms with van der Waals surface area (Å²) in [7, 11) is 0. The van der Waals surface area contributed by atoms with Gasteiger partial charge in [0.05, 0.1) is 18.2 Å². The number of benzene rings is 2. The third-order valence-electron chi connectivity index (χ3n) is 7.99. The fraction of sp³-hybridized carbons (Fsp3) is 0.448. The minimum Gasteiger partial charge on any atom is -0.342 e. The van der Waals surface area contributed by atoms with Gasteiger partial charge in [-0.25, -0.2) is 4.98 Å². The van der Waals surface area contributed by atoms with Gasteiger partial charge in [-0.15, -0.1) is 11.3 Å². The van der Waals surface area contributed by atoms with E-state index in [9.17, 15) is 14.4 Å². The molecule has 3 heterocycles. The molecule has 198 valence electrons. The third kappa shape index (κ3) is 5.17. The molecule has 1 unspecified atom stereocenters. The van der Waals surface area contributed by atoms with E-state index in [2.05, 4.69) is 10.2 Å². The van der Waals surface area contributed by atoms with Crippen LogP contribution in [0.5, 0.6) is 0 Å². The fourth-order valence-electron chi connectivity index (χ4n) is 5.82. The summed E-state index contributed by atoms with van der Waals surface area (Å²) < 4.78 is 0. The maximum Gasteiger partial charge on any atom is 0.257 e. The second-order valence-electron chi connectivity index (χ2n) is 10.5. The molecule has 3 amide bonds. The van der Waals surface area contributed by atoms with Crippen molar-refractivity contribution >= 4 is 45.0 Å². The van der Waals surface area contributed by atoms with Crippen LogP contribution >= 0.6 is 11.3 Å². The Hall–Kier alpha value is -3.30. The topological polar surface area (TPSA) is 85.9 Å². The molecule has 1 atom stereocenters. The number of aromatic nitrogens is 1. The molecular weight excluding hydrogens is 498 g/mol. The molecule has 1 N–H and O–H groups in total. The van der Waals surface area contributed by atoms with Gasteiger partial charge in [-0.2, -0.15) is 0 Å². The highest BCUT2D eigenvalue weighted by Gasteiger charge is 2.35. The Morgan fingerprint density at radius 3 is 2.45 bits per heavy atom. The van der Waals surface area contributed by atoms with Gasteiger partial charge in [0.15, 0.2) is 5.13 Å². The van der Waals surface area contributed by atoms with Gasteiger partial charge in [0.25, 0.3) is 5.91 Å². The van der Waals surface area contributed by atoms with Gasteiger partial charge in [0.1, 0.15) is 0 Å². The van der Waals surface area contributed by atoms with E-state index in [1.807, 2.05) is 52.3 Å². The van der Waals surface area contributed by atoms with Crippen LogP contribution in [-0.2, 0) is 16.0 Å². The molecule has 0 saturated carbocycles. The fourth-order valence-corrected chi connectivity index (χ4v) is 6.88. The van der Waals surface area contributed by atoms with E-state index in [1.54, 1.807) is 0 Å². The number of nitrogens with one attached hydrogen (secondary N) is 1. The summed E-state index contributed by atoms with van der Waals surface area (Å²) in [5.74, 6) is -0.127. The number of anilines is 1. The number of fused-ring (bicyclic) bond motifs is 2. The van der Waals surface area contributed by atoms with E-state index < -0.39 is 0 Å². The lowest BCUT2D eigenvalue weighted by Crippen LogP contribution is -2.52. The van der Waals surface area contributed by atoms with E-state index >= 15 is 0 Å². The van der Waals surface area contributed by atoms with Crippen LogP contribution < -0.4 is 5.32 Å². The number of likely N-dealkylation sites (tertiary alicyclic amines) is 1. The second-order valence-corrected chi connectivity index (χ2v) is 11.6. The molecule has 8 nitrogen and oxygen atoms in total. The van der Waals surface area contributed by atoms with E-state index in [0.717, 1.165) is 79.6 Å². The maximum absolute atomic E-state index is 13.5. The highest BCUT2D eigenvalue weighted by Crippen LogP contribution is 2.38. The van der Waals surface area contributed by atoms with E-state index in [1.165, 1.54) is 11.3 Å². The van der Waals surface area contributed by atoms with Crippen LogP contribution in [0.3, 0.4) is 0 Å². The minimum atomic E-state index is -0.265. The minimum absolute atomic E-state index is 0.120. The van der Waals surface area contributed by atoms with Crippen LogP contribution in [0.2, 0.25) is 0 Å². The monoisotopic (exact) mass is 531 g/mol. The molecule has 1 aromatic heterocycles. The number of carbonyl (C=O) groups is 3. The van der Waals surface area contributed by atoms with Crippen LogP contribution in [-0.4, -0.2) is 83.2 Å². The van der Waals surface area contributed by atoms with Crippen LogP contribution in [0.25, 0.3) is 10.8 Å². The first-order valence-electron chi connectivity index (χ1n) is 13.6. The van der Waals surface area contributed by atoms with Crippen molar-refractivity contribution in [2.24, 2.45) is 0 Å². The van der Waals surface area contributed by atoms with Crippen molar-refractivity contribution in [2.75, 3.05) is 51.1 Å². The van der Waals surface area contributed by atoms with Gasteiger partial charge in [-0.3, -0.25) is 24.6 Å². The number of nitrogens with zero attached hydrogens (tertiary/aromatic N) is 4. The molecule has 1 aliphatic carbocycles. The lowest BCUT2D eigenvalue weighted by molar-refractivity contribution is -0.136. The Balaban J connectivity index is 1.08. The molecule has 38 heavy (non-hydrogen) atoms. The molecule has 2 aromatic carbocycles. The second kappa shape index (κ2) is 10.8. The highest BCUT2D eigenvalue weighted by molar-refractivity contribution is 7.16. The van der Waals surface area contributed by atoms with Gasteiger partial charge in [0.2, 0.25) is 11.8 Å². The lowest BCUT2D eigenvalue weighted by atomic mass is 9.89. The molecule has 2 fully saturated rings. The predicted molar refractivity (Wildman–Crippen MR) is 149 cm³/mol. The molecule has 2 aliphatic heterocycles. The van der Waals surface area contributed by atoms with E-state index in [-0.39, 0.29) is 23.6 Å². The van der Waals surface area contributed by atoms with Crippen LogP contribution in [0.1, 0.15) is 52.5 Å². The average Bonchev–Trinajstić information content (AvgIpc) is 3.63. The van der Waals surface area contributed by atoms with Crippen molar-refractivity contribution in [1.29, 1.82) is 0 Å². The molecule has 9 heteroatoms. The summed E-state index contributed by atoms with van der Waals surface area (Å²) in [6.45, 7) is 4.90. The van der Waals surface area contributed by atoms with E-state index in [0.29, 0.717) is 30.3 Å². The Morgan fingerprint density at radius 2 is 1.66 bits per heavy atom. The largest absolute Gasteiger partial charge is 0.342 e. The van der Waals surface area contributed by atoms with Gasteiger partial charge in [0, 0.05) is 49.7 Å². The zero-order valence-electron chi connectivity index (χ0n) is 21.5. The quantitative estimate of drug-likeness (QED) is 0.542. The summed E-state index contributed by atoms with van der Waals surface area (Å²) in [5.41, 5.74) is 1.41.